The average Bonchev–Trinajstić information content (AvgIpc) is 3.20. The van der Waals surface area contributed by atoms with Gasteiger partial charge in [-0.05, 0) is 70.6 Å². The molecule has 9 nitrogen and oxygen atoms in total. The molecule has 2 saturated heterocycles. The fourth-order valence-electron chi connectivity index (χ4n) is 5.93. The molecule has 9 heteroatoms. The summed E-state index contributed by atoms with van der Waals surface area (Å²) >= 11 is 0. The van der Waals surface area contributed by atoms with Crippen LogP contribution < -0.4 is 20.4 Å². The zero-order valence-corrected chi connectivity index (χ0v) is 23.6. The van der Waals surface area contributed by atoms with Gasteiger partial charge in [0.15, 0.2) is 0 Å². The van der Waals surface area contributed by atoms with E-state index in [1.54, 1.807) is 0 Å². The average molecular weight is 530 g/mol. The third-order valence-electron chi connectivity index (χ3n) is 8.49. The Balaban J connectivity index is 1.34. The first-order valence-electron chi connectivity index (χ1n) is 13.9. The maximum absolute atomic E-state index is 6.35. The van der Waals surface area contributed by atoms with Crippen LogP contribution >= 0.6 is 0 Å². The van der Waals surface area contributed by atoms with Crippen molar-refractivity contribution in [2.75, 3.05) is 55.1 Å². The summed E-state index contributed by atoms with van der Waals surface area (Å²) in [5.74, 6) is 2.37. The summed E-state index contributed by atoms with van der Waals surface area (Å²) in [6.45, 7) is 12.7. The van der Waals surface area contributed by atoms with Gasteiger partial charge in [0.1, 0.15) is 11.6 Å². The van der Waals surface area contributed by atoms with Gasteiger partial charge in [0.25, 0.3) is 0 Å². The highest BCUT2D eigenvalue weighted by molar-refractivity contribution is 5.71. The van der Waals surface area contributed by atoms with Gasteiger partial charge in [-0.2, -0.15) is 4.98 Å². The maximum atomic E-state index is 6.35. The summed E-state index contributed by atoms with van der Waals surface area (Å²) in [5.41, 5.74) is 3.78. The van der Waals surface area contributed by atoms with Crippen molar-refractivity contribution in [2.24, 2.45) is 0 Å². The molecule has 6 rings (SSSR count). The Labute approximate surface area is 231 Å². The summed E-state index contributed by atoms with van der Waals surface area (Å²) < 4.78 is 11.8. The van der Waals surface area contributed by atoms with E-state index in [-0.39, 0.29) is 23.1 Å². The summed E-state index contributed by atoms with van der Waals surface area (Å²) in [6, 6.07) is 15.0. The Hall–Kier alpha value is -3.27. The van der Waals surface area contributed by atoms with E-state index in [1.807, 2.05) is 13.2 Å². The summed E-state index contributed by atoms with van der Waals surface area (Å²) in [7, 11) is 1.96. The number of hydrogen-bond donors (Lipinski definition) is 2. The Morgan fingerprint density at radius 1 is 1.03 bits per heavy atom. The Bertz CT molecular complexity index is 1330. The van der Waals surface area contributed by atoms with Gasteiger partial charge in [0.2, 0.25) is 5.95 Å². The highest BCUT2D eigenvalue weighted by Gasteiger charge is 2.55. The quantitative estimate of drug-likeness (QED) is 0.471. The minimum absolute atomic E-state index is 0.146. The lowest BCUT2D eigenvalue weighted by Crippen LogP contribution is -2.54. The number of nitrogens with zero attached hydrogens (tertiary/aromatic N) is 5. The van der Waals surface area contributed by atoms with E-state index < -0.39 is 0 Å². The molecule has 3 aliphatic rings. The number of rotatable bonds is 6. The number of benzene rings is 1. The molecule has 0 saturated carbocycles. The molecule has 2 N–H and O–H groups in total. The van der Waals surface area contributed by atoms with Crippen molar-refractivity contribution in [1.82, 2.24) is 20.3 Å². The van der Waals surface area contributed by atoms with Gasteiger partial charge in [-0.3, -0.25) is 0 Å². The van der Waals surface area contributed by atoms with Crippen molar-refractivity contribution in [2.45, 2.75) is 57.2 Å². The van der Waals surface area contributed by atoms with Crippen molar-refractivity contribution in [3.8, 4) is 0 Å². The van der Waals surface area contributed by atoms with Crippen LogP contribution in [0.25, 0.3) is 0 Å². The topological polar surface area (TPSA) is 87.7 Å². The number of anilines is 5. The molecule has 0 bridgehead atoms. The van der Waals surface area contributed by atoms with Crippen molar-refractivity contribution >= 4 is 29.0 Å². The first-order chi connectivity index (χ1) is 18.8. The van der Waals surface area contributed by atoms with Crippen LogP contribution in [0.4, 0.5) is 29.0 Å². The fraction of sp³-hybridized carbons (Fsp3) is 0.500. The molecule has 0 aliphatic carbocycles. The molecule has 0 amide bonds. The molecule has 3 atom stereocenters. The number of hydrogen-bond acceptors (Lipinski definition) is 9. The number of ether oxygens (including phenoxy) is 2. The molecule has 3 aliphatic heterocycles. The lowest BCUT2D eigenvalue weighted by Gasteiger charge is -2.46. The molecule has 0 unspecified atom stereocenters. The molecular weight excluding hydrogens is 490 g/mol. The predicted octanol–water partition coefficient (Wildman–Crippen LogP) is 4.71. The van der Waals surface area contributed by atoms with Crippen LogP contribution in [0.3, 0.4) is 0 Å². The van der Waals surface area contributed by atoms with Crippen LogP contribution in [0.2, 0.25) is 0 Å². The maximum Gasteiger partial charge on any atom is 0.229 e. The first-order valence-corrected chi connectivity index (χ1v) is 13.9. The third-order valence-corrected chi connectivity index (χ3v) is 8.49. The highest BCUT2D eigenvalue weighted by atomic mass is 16.5. The van der Waals surface area contributed by atoms with Gasteiger partial charge in [-0.25, -0.2) is 9.97 Å². The van der Waals surface area contributed by atoms with Crippen molar-refractivity contribution in [1.29, 1.82) is 0 Å². The zero-order chi connectivity index (χ0) is 27.2. The second-order valence-electron chi connectivity index (χ2n) is 11.7. The molecule has 206 valence electrons. The number of pyridine rings is 1. The van der Waals surface area contributed by atoms with Gasteiger partial charge in [-0.15, -0.1) is 0 Å². The molecule has 0 radical (unpaired) electrons. The van der Waals surface area contributed by atoms with Crippen LogP contribution in [-0.2, 0) is 14.9 Å². The third kappa shape index (κ3) is 4.83. The van der Waals surface area contributed by atoms with E-state index in [1.165, 1.54) is 5.69 Å². The number of morpholine rings is 1. The van der Waals surface area contributed by atoms with Crippen molar-refractivity contribution in [3.63, 3.8) is 0 Å². The van der Waals surface area contributed by atoms with E-state index >= 15 is 0 Å². The summed E-state index contributed by atoms with van der Waals surface area (Å²) in [5, 5.41) is 6.74. The largest absolute Gasteiger partial charge is 0.378 e. The molecule has 5 heterocycles. The lowest BCUT2D eigenvalue weighted by atomic mass is 9.73. The van der Waals surface area contributed by atoms with Crippen molar-refractivity contribution < 1.29 is 9.47 Å². The van der Waals surface area contributed by atoms with E-state index in [0.29, 0.717) is 12.6 Å². The van der Waals surface area contributed by atoms with Crippen LogP contribution in [0.1, 0.15) is 51.4 Å². The van der Waals surface area contributed by atoms with Crippen LogP contribution in [0.5, 0.6) is 0 Å². The van der Waals surface area contributed by atoms with Gasteiger partial charge in [-0.1, -0.05) is 13.0 Å². The Morgan fingerprint density at radius 2 is 1.79 bits per heavy atom. The number of nitrogens with one attached hydrogen (secondary N) is 2. The van der Waals surface area contributed by atoms with Crippen LogP contribution in [0.15, 0.2) is 48.7 Å². The summed E-state index contributed by atoms with van der Waals surface area (Å²) in [6.07, 6.45) is 2.83. The molecule has 2 fully saturated rings. The molecule has 3 aromatic rings. The lowest BCUT2D eigenvalue weighted by molar-refractivity contribution is -0.0893. The minimum Gasteiger partial charge on any atom is -0.378 e. The molecule has 1 aromatic carbocycles. The van der Waals surface area contributed by atoms with E-state index in [2.05, 4.69) is 90.6 Å². The summed E-state index contributed by atoms with van der Waals surface area (Å²) in [4.78, 5) is 19.6. The highest BCUT2D eigenvalue weighted by Crippen LogP contribution is 2.53. The van der Waals surface area contributed by atoms with Gasteiger partial charge < -0.3 is 29.9 Å². The monoisotopic (exact) mass is 529 g/mol. The molecule has 39 heavy (non-hydrogen) atoms. The fourth-order valence-corrected chi connectivity index (χ4v) is 5.93. The molecular formula is C30H39N7O2. The van der Waals surface area contributed by atoms with E-state index in [0.717, 1.165) is 61.3 Å². The van der Waals surface area contributed by atoms with Gasteiger partial charge in [0.05, 0.1) is 37.2 Å². The van der Waals surface area contributed by atoms with Crippen LogP contribution in [0, 0.1) is 0 Å². The number of aromatic nitrogens is 3. The van der Waals surface area contributed by atoms with E-state index in [4.69, 9.17) is 24.4 Å². The molecule has 0 spiro atoms. The molecule has 2 aromatic heterocycles. The van der Waals surface area contributed by atoms with Gasteiger partial charge in [0, 0.05) is 47.7 Å². The second-order valence-corrected chi connectivity index (χ2v) is 11.7. The second kappa shape index (κ2) is 10.0. The SMILES string of the molecule is CN[C@H](C)c1cccc(N2c3nc(Nc4ccc(N5CCOCC5)cc4)ncc3[C@]3(C)COC(C)(C)C[C@H]23)n1. The number of fused-ring (bicyclic) bond motifs is 3. The minimum atomic E-state index is -0.241. The smallest absolute Gasteiger partial charge is 0.229 e. The van der Waals surface area contributed by atoms with E-state index in [9.17, 15) is 0 Å². The van der Waals surface area contributed by atoms with Gasteiger partial charge >= 0.3 is 0 Å². The standard InChI is InChI=1S/C30H39N7O2/c1-20(31-5)24-7-6-8-26(34-24)37-25-17-29(2,3)39-19-30(25,4)23-18-32-28(35-27(23)37)33-21-9-11-22(12-10-21)36-13-15-38-16-14-36/h6-12,18,20,25,31H,13-17,19H2,1-5H3,(H,32,33,35)/t20-,25+,30+/m1/s1. The predicted molar refractivity (Wildman–Crippen MR) is 154 cm³/mol. The van der Waals surface area contributed by atoms with Crippen molar-refractivity contribution in [3.05, 3.63) is 59.9 Å². The Morgan fingerprint density at radius 3 is 2.54 bits per heavy atom. The normalized spacial score (nSPS) is 24.7. The van der Waals surface area contributed by atoms with Crippen LogP contribution in [-0.4, -0.2) is 66.6 Å². The Kier molecular flexibility index (Phi) is 6.69. The first kappa shape index (κ1) is 26.0. The zero-order valence-electron chi connectivity index (χ0n) is 23.6.